The lowest BCUT2D eigenvalue weighted by atomic mass is 10.1. The van der Waals surface area contributed by atoms with E-state index < -0.39 is 10.1 Å². The number of benzene rings is 3. The lowest BCUT2D eigenvalue weighted by molar-refractivity contribution is 0.486. The maximum Gasteiger partial charge on any atom is 0.339 e. The second-order valence-corrected chi connectivity index (χ2v) is 5.83. The lowest BCUT2D eigenvalue weighted by Gasteiger charge is -2.07. The van der Waals surface area contributed by atoms with Crippen LogP contribution in [0.1, 0.15) is 0 Å². The molecule has 4 heteroatoms. The number of hydrogen-bond donors (Lipinski definition) is 0. The van der Waals surface area contributed by atoms with Gasteiger partial charge in [-0.3, -0.25) is 0 Å². The summed E-state index contributed by atoms with van der Waals surface area (Å²) in [6.45, 7) is 0. The fourth-order valence-corrected chi connectivity index (χ4v) is 2.89. The highest BCUT2D eigenvalue weighted by atomic mass is 32.2. The van der Waals surface area contributed by atoms with E-state index in [1.165, 1.54) is 6.07 Å². The van der Waals surface area contributed by atoms with E-state index in [0.29, 0.717) is 0 Å². The van der Waals surface area contributed by atoms with E-state index in [9.17, 15) is 8.42 Å². The van der Waals surface area contributed by atoms with Crippen LogP contribution in [0.15, 0.2) is 71.6 Å². The Morgan fingerprint density at radius 3 is 2.45 bits per heavy atom. The van der Waals surface area contributed by atoms with Gasteiger partial charge in [-0.1, -0.05) is 42.5 Å². The highest BCUT2D eigenvalue weighted by Gasteiger charge is 2.16. The quantitative estimate of drug-likeness (QED) is 0.692. The zero-order valence-electron chi connectivity index (χ0n) is 10.5. The van der Waals surface area contributed by atoms with Crippen LogP contribution in [-0.4, -0.2) is 8.42 Å². The van der Waals surface area contributed by atoms with E-state index >= 15 is 0 Å². The maximum absolute atomic E-state index is 12.2. The summed E-state index contributed by atoms with van der Waals surface area (Å²) < 4.78 is 29.5. The van der Waals surface area contributed by atoms with Gasteiger partial charge in [-0.2, -0.15) is 8.42 Å². The Bertz CT molecular complexity index is 840. The van der Waals surface area contributed by atoms with Crippen LogP contribution in [0.2, 0.25) is 0 Å². The average Bonchev–Trinajstić information content (AvgIpc) is 2.47. The van der Waals surface area contributed by atoms with Gasteiger partial charge in [0.2, 0.25) is 0 Å². The van der Waals surface area contributed by atoms with Crippen LogP contribution in [-0.2, 0) is 10.1 Å². The molecule has 20 heavy (non-hydrogen) atoms. The summed E-state index contributed by atoms with van der Waals surface area (Å²) >= 11 is 0. The van der Waals surface area contributed by atoms with Crippen molar-refractivity contribution < 1.29 is 12.6 Å². The first-order valence-corrected chi connectivity index (χ1v) is 7.45. The fourth-order valence-electron chi connectivity index (χ4n) is 1.93. The second-order valence-electron chi connectivity index (χ2n) is 4.29. The van der Waals surface area contributed by atoms with E-state index in [-0.39, 0.29) is 10.6 Å². The summed E-state index contributed by atoms with van der Waals surface area (Å²) in [6, 6.07) is 21.7. The van der Waals surface area contributed by atoms with E-state index in [1.54, 1.807) is 36.4 Å². The molecule has 0 heterocycles. The van der Waals surface area contributed by atoms with Gasteiger partial charge in [-0.05, 0) is 41.1 Å². The van der Waals surface area contributed by atoms with Crippen molar-refractivity contribution in [2.45, 2.75) is 4.90 Å². The Morgan fingerprint density at radius 2 is 1.70 bits per heavy atom. The lowest BCUT2D eigenvalue weighted by Crippen LogP contribution is -2.09. The van der Waals surface area contributed by atoms with Gasteiger partial charge in [-0.25, -0.2) is 0 Å². The molecule has 0 fully saturated rings. The molecule has 0 aromatic heterocycles. The molecule has 0 atom stereocenters. The summed E-state index contributed by atoms with van der Waals surface area (Å²) in [7, 11) is -3.82. The average molecular weight is 283 g/mol. The first-order valence-electron chi connectivity index (χ1n) is 6.04. The summed E-state index contributed by atoms with van der Waals surface area (Å²) in [4.78, 5) is 0.139. The number of rotatable bonds is 3. The molecule has 0 saturated carbocycles. The highest BCUT2D eigenvalue weighted by Crippen LogP contribution is 2.22. The van der Waals surface area contributed by atoms with Crippen LogP contribution in [0.5, 0.6) is 5.75 Å². The molecule has 99 valence electrons. The van der Waals surface area contributed by atoms with Gasteiger partial charge < -0.3 is 4.18 Å². The molecule has 0 spiro atoms. The van der Waals surface area contributed by atoms with Crippen molar-refractivity contribution in [3.63, 3.8) is 0 Å². The minimum absolute atomic E-state index is 0.139. The molecule has 0 bridgehead atoms. The molecule has 0 aliphatic carbocycles. The zero-order valence-corrected chi connectivity index (χ0v) is 11.3. The second kappa shape index (κ2) is 4.98. The summed E-state index contributed by atoms with van der Waals surface area (Å²) in [6.07, 6.45) is 0. The molecular weight excluding hydrogens is 272 g/mol. The Labute approximate surface area is 117 Å². The summed E-state index contributed by atoms with van der Waals surface area (Å²) in [5, 5.41) is 1.84. The van der Waals surface area contributed by atoms with Gasteiger partial charge in [0.05, 0.1) is 0 Å². The Hall–Kier alpha value is -2.33. The number of hydrogen-bond acceptors (Lipinski definition) is 3. The van der Waals surface area contributed by atoms with Gasteiger partial charge in [-0.15, -0.1) is 0 Å². The van der Waals surface area contributed by atoms with Gasteiger partial charge >= 0.3 is 10.1 Å². The molecular formula is C16H11O3S. The third-order valence-corrected chi connectivity index (χ3v) is 4.14. The Balaban J connectivity index is 2.01. The largest absolute Gasteiger partial charge is 0.379 e. The molecule has 0 saturated heterocycles. The molecule has 3 aromatic rings. The van der Waals surface area contributed by atoms with Crippen LogP contribution in [0.4, 0.5) is 0 Å². The standard InChI is InChI=1S/C16H11O3S/c17-20(18,19-15-8-2-1-3-9-15)16-11-10-13-6-4-5-7-14(13)12-16/h1-2,4-12H. The molecule has 0 aliphatic heterocycles. The topological polar surface area (TPSA) is 43.4 Å². The van der Waals surface area contributed by atoms with Gasteiger partial charge in [0, 0.05) is 0 Å². The maximum atomic E-state index is 12.2. The van der Waals surface area contributed by atoms with Crippen LogP contribution in [0.25, 0.3) is 10.8 Å². The minimum Gasteiger partial charge on any atom is -0.379 e. The molecule has 0 unspecified atom stereocenters. The van der Waals surface area contributed by atoms with Gasteiger partial charge in [0.25, 0.3) is 0 Å². The molecule has 0 aliphatic rings. The van der Waals surface area contributed by atoms with E-state index in [1.807, 2.05) is 24.3 Å². The molecule has 1 radical (unpaired) electrons. The van der Waals surface area contributed by atoms with Crippen molar-refractivity contribution in [2.24, 2.45) is 0 Å². The normalized spacial score (nSPS) is 11.4. The van der Waals surface area contributed by atoms with E-state index in [0.717, 1.165) is 10.8 Å². The summed E-state index contributed by atoms with van der Waals surface area (Å²) in [5.74, 6) is 0.251. The monoisotopic (exact) mass is 283 g/mol. The van der Waals surface area contributed by atoms with Crippen molar-refractivity contribution in [3.8, 4) is 5.75 Å². The van der Waals surface area contributed by atoms with Crippen molar-refractivity contribution in [1.29, 1.82) is 0 Å². The van der Waals surface area contributed by atoms with Crippen LogP contribution in [0.3, 0.4) is 0 Å². The molecule has 3 rings (SSSR count). The summed E-state index contributed by atoms with van der Waals surface area (Å²) in [5.41, 5.74) is 0. The molecule has 0 N–H and O–H groups in total. The van der Waals surface area contributed by atoms with Crippen molar-refractivity contribution in [2.75, 3.05) is 0 Å². The zero-order chi connectivity index (χ0) is 14.0. The van der Waals surface area contributed by atoms with Crippen molar-refractivity contribution in [3.05, 3.63) is 72.8 Å². The Kier molecular flexibility index (Phi) is 3.16. The fraction of sp³-hybridized carbons (Fsp3) is 0. The third-order valence-electron chi connectivity index (χ3n) is 2.89. The number of fused-ring (bicyclic) bond motifs is 1. The SMILES string of the molecule is O=S(=O)(Oc1c[c]ccc1)c1ccc2ccccc2c1. The smallest absolute Gasteiger partial charge is 0.339 e. The molecule has 3 nitrogen and oxygen atoms in total. The van der Waals surface area contributed by atoms with Crippen LogP contribution >= 0.6 is 0 Å². The Morgan fingerprint density at radius 1 is 0.900 bits per heavy atom. The first-order chi connectivity index (χ1) is 9.65. The first kappa shape index (κ1) is 12.7. The predicted octanol–water partition coefficient (Wildman–Crippen LogP) is 3.41. The highest BCUT2D eigenvalue weighted by molar-refractivity contribution is 7.87. The van der Waals surface area contributed by atoms with E-state index in [4.69, 9.17) is 4.18 Å². The predicted molar refractivity (Wildman–Crippen MR) is 77.0 cm³/mol. The third kappa shape index (κ3) is 2.51. The van der Waals surface area contributed by atoms with E-state index in [2.05, 4.69) is 6.07 Å². The molecule has 3 aromatic carbocycles. The van der Waals surface area contributed by atoms with Crippen LogP contribution < -0.4 is 4.18 Å². The van der Waals surface area contributed by atoms with Gasteiger partial charge in [0.1, 0.15) is 10.6 Å². The van der Waals surface area contributed by atoms with Crippen molar-refractivity contribution >= 4 is 20.9 Å². The molecule has 0 amide bonds. The van der Waals surface area contributed by atoms with Crippen LogP contribution in [0, 0.1) is 6.07 Å². The minimum atomic E-state index is -3.82. The van der Waals surface area contributed by atoms with Gasteiger partial charge in [0.15, 0.2) is 0 Å². The van der Waals surface area contributed by atoms with Crippen molar-refractivity contribution in [1.82, 2.24) is 0 Å².